The number of fused-ring (bicyclic) bond motifs is 3. The smallest absolute Gasteiger partial charge is 0.120 e. The molecule has 261 valence electrons. The second kappa shape index (κ2) is 16.2. The Balaban J connectivity index is 0.000000181. The van der Waals surface area contributed by atoms with Gasteiger partial charge in [0.2, 0.25) is 0 Å². The number of nitrogens with zero attached hydrogens (tertiary/aromatic N) is 2. The number of hydrogen-bond donors (Lipinski definition) is 0. The molecule has 5 aromatic carbocycles. The third-order valence-electron chi connectivity index (χ3n) is 9.26. The molecule has 0 aliphatic rings. The van der Waals surface area contributed by atoms with Crippen molar-refractivity contribution < 1.29 is 24.5 Å². The molecule has 0 fully saturated rings. The predicted molar refractivity (Wildman–Crippen MR) is 216 cm³/mol. The topological polar surface area (TPSA) is 38.9 Å². The molecule has 0 N–H and O–H groups in total. The summed E-state index contributed by atoms with van der Waals surface area (Å²) in [7, 11) is -1.49. The summed E-state index contributed by atoms with van der Waals surface area (Å²) in [5.74, 6) is 0.486. The van der Waals surface area contributed by atoms with Crippen molar-refractivity contribution in [3.05, 3.63) is 175 Å². The van der Waals surface area contributed by atoms with E-state index in [0.29, 0.717) is 5.92 Å². The van der Waals surface area contributed by atoms with Crippen LogP contribution in [0.5, 0.6) is 0 Å². The summed E-state index contributed by atoms with van der Waals surface area (Å²) in [5, 5.41) is 3.68. The largest absolute Gasteiger partial charge is 0.500 e. The number of aromatic nitrogens is 2. The maximum absolute atomic E-state index is 5.85. The molecule has 52 heavy (non-hydrogen) atoms. The standard InChI is InChI=1S/C27H26NSi.C20H16NO.Ir/c1-29(2,3)27-20-28-26(19-25(27)17-21-11-6-4-7-12-21)24-16-10-15-23(18-24)22-13-8-5-9-14-22;1-13(2)14-9-10-21-18(12-14)15-7-8-20-17(11-15)16-5-3-4-6-19(16)22-20;/h4-15,18-20H,17H2,1-3H3;3-6,8-13H,1-2H3;/q2*-1;. The summed E-state index contributed by atoms with van der Waals surface area (Å²) < 4.78 is 5.85. The molecule has 0 amide bonds. The van der Waals surface area contributed by atoms with Gasteiger partial charge in [0.15, 0.2) is 0 Å². The SMILES string of the molecule is CC(C)c1ccnc(-c2[c-]cc3oc4ccccc4c3c2)c1.C[Si](C)(C)c1cnc(-c2[c-]ccc(-c3ccccc3)c2)cc1Cc1ccccc1.[Ir]. The van der Waals surface area contributed by atoms with Crippen LogP contribution in [0.3, 0.4) is 0 Å². The molecule has 0 aliphatic heterocycles. The quantitative estimate of drug-likeness (QED) is 0.118. The number of hydrogen-bond acceptors (Lipinski definition) is 3. The molecule has 3 heterocycles. The van der Waals surface area contributed by atoms with Gasteiger partial charge in [0.1, 0.15) is 5.58 Å². The Morgan fingerprint density at radius 2 is 1.35 bits per heavy atom. The van der Waals surface area contributed by atoms with Gasteiger partial charge in [0.05, 0.1) is 13.7 Å². The predicted octanol–water partition coefficient (Wildman–Crippen LogP) is 11.9. The van der Waals surface area contributed by atoms with Crippen molar-refractivity contribution in [3.8, 4) is 33.6 Å². The van der Waals surface area contributed by atoms with E-state index in [4.69, 9.17) is 9.40 Å². The number of pyridine rings is 2. The van der Waals surface area contributed by atoms with Gasteiger partial charge in [-0.05, 0) is 52.2 Å². The van der Waals surface area contributed by atoms with Gasteiger partial charge in [-0.25, -0.2) is 0 Å². The van der Waals surface area contributed by atoms with Crippen LogP contribution < -0.4 is 5.19 Å². The average molecular weight is 871 g/mol. The minimum absolute atomic E-state index is 0. The molecule has 0 bridgehead atoms. The normalized spacial score (nSPS) is 11.3. The average Bonchev–Trinajstić information content (AvgIpc) is 3.53. The van der Waals surface area contributed by atoms with Crippen LogP contribution in [0.15, 0.2) is 150 Å². The molecule has 0 saturated carbocycles. The Morgan fingerprint density at radius 1 is 0.654 bits per heavy atom. The molecule has 8 rings (SSSR count). The third-order valence-corrected chi connectivity index (χ3v) is 11.3. The van der Waals surface area contributed by atoms with Crippen molar-refractivity contribution in [2.45, 2.75) is 45.8 Å². The van der Waals surface area contributed by atoms with E-state index >= 15 is 0 Å². The summed E-state index contributed by atoms with van der Waals surface area (Å²) in [5.41, 5.74) is 12.2. The van der Waals surface area contributed by atoms with Crippen molar-refractivity contribution in [2.24, 2.45) is 0 Å². The van der Waals surface area contributed by atoms with Crippen LogP contribution in [0.25, 0.3) is 55.6 Å². The van der Waals surface area contributed by atoms with Crippen LogP contribution in [0.2, 0.25) is 19.6 Å². The Morgan fingerprint density at radius 3 is 2.10 bits per heavy atom. The Bertz CT molecular complexity index is 2410. The summed E-state index contributed by atoms with van der Waals surface area (Å²) in [4.78, 5) is 9.36. The fourth-order valence-electron chi connectivity index (χ4n) is 6.48. The van der Waals surface area contributed by atoms with Crippen LogP contribution in [0.1, 0.15) is 36.5 Å². The molecular formula is C47H42IrN2OSi-2. The first-order valence-corrected chi connectivity index (χ1v) is 21.1. The number of benzene rings is 5. The van der Waals surface area contributed by atoms with Crippen LogP contribution in [-0.4, -0.2) is 18.0 Å². The zero-order valence-corrected chi connectivity index (χ0v) is 33.7. The monoisotopic (exact) mass is 871 g/mol. The Kier molecular flexibility index (Phi) is 11.5. The van der Waals surface area contributed by atoms with E-state index in [1.165, 1.54) is 33.0 Å². The van der Waals surface area contributed by atoms with Crippen molar-refractivity contribution in [1.29, 1.82) is 0 Å². The van der Waals surface area contributed by atoms with Crippen molar-refractivity contribution >= 4 is 35.2 Å². The Hall–Kier alpha value is -4.93. The van der Waals surface area contributed by atoms with E-state index in [2.05, 4.69) is 154 Å². The molecular weight excluding hydrogens is 829 g/mol. The molecule has 0 aliphatic carbocycles. The van der Waals surface area contributed by atoms with Crippen molar-refractivity contribution in [1.82, 2.24) is 9.97 Å². The van der Waals surface area contributed by atoms with Gasteiger partial charge in [0, 0.05) is 37.9 Å². The van der Waals surface area contributed by atoms with E-state index in [0.717, 1.165) is 50.9 Å². The fraction of sp³-hybridized carbons (Fsp3) is 0.149. The van der Waals surface area contributed by atoms with E-state index < -0.39 is 8.07 Å². The maximum atomic E-state index is 5.85. The summed E-state index contributed by atoms with van der Waals surface area (Å²) in [6, 6.07) is 52.8. The molecule has 0 atom stereocenters. The summed E-state index contributed by atoms with van der Waals surface area (Å²) in [6.07, 6.45) is 4.92. The first-order chi connectivity index (χ1) is 24.7. The molecule has 0 spiro atoms. The minimum atomic E-state index is -1.49. The van der Waals surface area contributed by atoms with Crippen LogP contribution in [0.4, 0.5) is 0 Å². The van der Waals surface area contributed by atoms with Crippen LogP contribution in [-0.2, 0) is 26.5 Å². The van der Waals surface area contributed by atoms with Gasteiger partial charge in [-0.2, -0.15) is 0 Å². The van der Waals surface area contributed by atoms with Crippen LogP contribution >= 0.6 is 0 Å². The third kappa shape index (κ3) is 8.40. The zero-order valence-electron chi connectivity index (χ0n) is 30.3. The summed E-state index contributed by atoms with van der Waals surface area (Å²) >= 11 is 0. The molecule has 3 aromatic heterocycles. The van der Waals surface area contributed by atoms with Crippen molar-refractivity contribution in [2.75, 3.05) is 0 Å². The molecule has 0 unspecified atom stereocenters. The van der Waals surface area contributed by atoms with Crippen molar-refractivity contribution in [3.63, 3.8) is 0 Å². The summed E-state index contributed by atoms with van der Waals surface area (Å²) in [6.45, 7) is 11.5. The molecule has 3 nitrogen and oxygen atoms in total. The first-order valence-electron chi connectivity index (χ1n) is 17.6. The Labute approximate surface area is 322 Å². The molecule has 8 aromatic rings. The van der Waals surface area contributed by atoms with Gasteiger partial charge in [-0.1, -0.05) is 141 Å². The van der Waals surface area contributed by atoms with E-state index in [1.807, 2.05) is 42.6 Å². The van der Waals surface area contributed by atoms with Gasteiger partial charge in [-0.3, -0.25) is 0 Å². The molecule has 1 radical (unpaired) electrons. The van der Waals surface area contributed by atoms with E-state index in [1.54, 1.807) is 0 Å². The molecule has 0 saturated heterocycles. The van der Waals surface area contributed by atoms with Gasteiger partial charge in [0.25, 0.3) is 0 Å². The van der Waals surface area contributed by atoms with Crippen LogP contribution in [0, 0.1) is 12.1 Å². The van der Waals surface area contributed by atoms with Gasteiger partial charge in [-0.15, -0.1) is 59.2 Å². The van der Waals surface area contributed by atoms with Gasteiger partial charge >= 0.3 is 0 Å². The number of rotatable bonds is 7. The van der Waals surface area contributed by atoms with E-state index in [9.17, 15) is 0 Å². The molecule has 5 heteroatoms. The maximum Gasteiger partial charge on any atom is 0.120 e. The second-order valence-electron chi connectivity index (χ2n) is 14.3. The van der Waals surface area contributed by atoms with E-state index in [-0.39, 0.29) is 20.1 Å². The number of para-hydroxylation sites is 1. The number of furan rings is 1. The second-order valence-corrected chi connectivity index (χ2v) is 19.4. The fourth-order valence-corrected chi connectivity index (χ4v) is 8.05. The van der Waals surface area contributed by atoms with Gasteiger partial charge < -0.3 is 14.4 Å². The first kappa shape index (κ1) is 36.8. The minimum Gasteiger partial charge on any atom is -0.500 e. The zero-order chi connectivity index (χ0) is 35.4.